The summed E-state index contributed by atoms with van der Waals surface area (Å²) >= 11 is 6.14. The summed E-state index contributed by atoms with van der Waals surface area (Å²) in [6.45, 7) is 3.09. The Labute approximate surface area is 164 Å². The Bertz CT molecular complexity index is 1020. The lowest BCUT2D eigenvalue weighted by molar-refractivity contribution is 0.537. The smallest absolute Gasteiger partial charge is 0.240 e. The standard InChI is InChI=1S/C20H22ClN3O2S/c1-15(13-22-10-8-16-4-2-3-5-20(16)21)24-27(25,26)19-7-6-18-14-23-11-9-17(18)12-19/h2-7,9,11-12,14-15,22,24H,8,10,13H2,1H3. The van der Waals surface area contributed by atoms with Crippen LogP contribution < -0.4 is 10.0 Å². The molecule has 1 aromatic heterocycles. The third kappa shape index (κ3) is 5.26. The number of benzene rings is 2. The molecular weight excluding hydrogens is 382 g/mol. The van der Waals surface area contributed by atoms with Crippen molar-refractivity contribution < 1.29 is 8.42 Å². The maximum absolute atomic E-state index is 12.6. The molecule has 1 unspecified atom stereocenters. The van der Waals surface area contributed by atoms with Gasteiger partial charge < -0.3 is 5.32 Å². The summed E-state index contributed by atoms with van der Waals surface area (Å²) < 4.78 is 27.9. The number of nitrogens with zero attached hydrogens (tertiary/aromatic N) is 1. The zero-order valence-corrected chi connectivity index (χ0v) is 16.6. The highest BCUT2D eigenvalue weighted by Crippen LogP contribution is 2.18. The number of rotatable bonds is 8. The van der Waals surface area contributed by atoms with Gasteiger partial charge >= 0.3 is 0 Å². The summed E-state index contributed by atoms with van der Waals surface area (Å²) in [6, 6.07) is 14.3. The topological polar surface area (TPSA) is 71.1 Å². The van der Waals surface area contributed by atoms with Gasteiger partial charge in [0, 0.05) is 35.4 Å². The van der Waals surface area contributed by atoms with Gasteiger partial charge in [-0.15, -0.1) is 0 Å². The predicted octanol–water partition coefficient (Wildman–Crippen LogP) is 3.39. The van der Waals surface area contributed by atoms with Crippen LogP contribution in [0.5, 0.6) is 0 Å². The number of sulfonamides is 1. The van der Waals surface area contributed by atoms with E-state index in [2.05, 4.69) is 15.0 Å². The second kappa shape index (κ2) is 8.80. The summed E-state index contributed by atoms with van der Waals surface area (Å²) in [7, 11) is -3.58. The zero-order chi connectivity index (χ0) is 19.3. The van der Waals surface area contributed by atoms with Crippen molar-refractivity contribution in [2.24, 2.45) is 0 Å². The normalized spacial score (nSPS) is 13.0. The Morgan fingerprint density at radius 3 is 2.74 bits per heavy atom. The molecule has 0 aliphatic rings. The molecule has 142 valence electrons. The van der Waals surface area contributed by atoms with E-state index >= 15 is 0 Å². The summed E-state index contributed by atoms with van der Waals surface area (Å²) in [5.41, 5.74) is 1.07. The summed E-state index contributed by atoms with van der Waals surface area (Å²) in [5.74, 6) is 0. The molecule has 2 N–H and O–H groups in total. The predicted molar refractivity (Wildman–Crippen MR) is 110 cm³/mol. The van der Waals surface area contributed by atoms with Crippen LogP contribution in [-0.4, -0.2) is 32.5 Å². The fraction of sp³-hybridized carbons (Fsp3) is 0.250. The van der Waals surface area contributed by atoms with E-state index in [0.717, 1.165) is 34.3 Å². The molecule has 0 saturated carbocycles. The molecular formula is C20H22ClN3O2S. The number of hydrogen-bond donors (Lipinski definition) is 2. The lowest BCUT2D eigenvalue weighted by Gasteiger charge is -2.15. The lowest BCUT2D eigenvalue weighted by Crippen LogP contribution is -2.40. The minimum atomic E-state index is -3.58. The quantitative estimate of drug-likeness (QED) is 0.565. The average Bonchev–Trinajstić information content (AvgIpc) is 2.66. The minimum absolute atomic E-state index is 0.241. The van der Waals surface area contributed by atoms with Gasteiger partial charge in [0.05, 0.1) is 4.90 Å². The fourth-order valence-electron chi connectivity index (χ4n) is 2.85. The van der Waals surface area contributed by atoms with Gasteiger partial charge in [-0.05, 0) is 55.1 Å². The molecule has 0 amide bonds. The first-order valence-electron chi connectivity index (χ1n) is 8.76. The van der Waals surface area contributed by atoms with Crippen LogP contribution >= 0.6 is 11.6 Å². The first-order chi connectivity index (χ1) is 13.0. The maximum atomic E-state index is 12.6. The molecule has 0 bridgehead atoms. The summed E-state index contributed by atoms with van der Waals surface area (Å²) in [5, 5.41) is 5.77. The van der Waals surface area contributed by atoms with Gasteiger partial charge in [-0.1, -0.05) is 35.9 Å². The average molecular weight is 404 g/mol. The molecule has 0 saturated heterocycles. The Balaban J connectivity index is 1.54. The number of halogens is 1. The Kier molecular flexibility index (Phi) is 6.44. The molecule has 3 rings (SSSR count). The molecule has 3 aromatic rings. The Morgan fingerprint density at radius 2 is 1.93 bits per heavy atom. The number of hydrogen-bond acceptors (Lipinski definition) is 4. The van der Waals surface area contributed by atoms with Gasteiger partial charge in [0.25, 0.3) is 0 Å². The minimum Gasteiger partial charge on any atom is -0.315 e. The van der Waals surface area contributed by atoms with Crippen LogP contribution in [0.25, 0.3) is 10.8 Å². The van der Waals surface area contributed by atoms with E-state index < -0.39 is 10.0 Å². The van der Waals surface area contributed by atoms with Crippen LogP contribution in [0.1, 0.15) is 12.5 Å². The van der Waals surface area contributed by atoms with Crippen LogP contribution in [0.2, 0.25) is 5.02 Å². The molecule has 5 nitrogen and oxygen atoms in total. The first kappa shape index (κ1) is 19.8. The van der Waals surface area contributed by atoms with Crippen molar-refractivity contribution in [1.29, 1.82) is 0 Å². The van der Waals surface area contributed by atoms with Crippen LogP contribution in [0.4, 0.5) is 0 Å². The van der Waals surface area contributed by atoms with Crippen molar-refractivity contribution in [2.75, 3.05) is 13.1 Å². The van der Waals surface area contributed by atoms with E-state index in [1.165, 1.54) is 0 Å². The SMILES string of the molecule is CC(CNCCc1ccccc1Cl)NS(=O)(=O)c1ccc2cnccc2c1. The lowest BCUT2D eigenvalue weighted by atomic mass is 10.1. The molecule has 0 radical (unpaired) electrons. The van der Waals surface area contributed by atoms with Crippen molar-refractivity contribution in [3.05, 3.63) is 71.5 Å². The van der Waals surface area contributed by atoms with Crippen LogP contribution in [0.15, 0.2) is 65.8 Å². The van der Waals surface area contributed by atoms with Crippen molar-refractivity contribution in [1.82, 2.24) is 15.0 Å². The van der Waals surface area contributed by atoms with E-state index in [-0.39, 0.29) is 10.9 Å². The number of nitrogens with one attached hydrogen (secondary N) is 2. The summed E-state index contributed by atoms with van der Waals surface area (Å²) in [6.07, 6.45) is 4.15. The van der Waals surface area contributed by atoms with Gasteiger partial charge in [-0.2, -0.15) is 0 Å². The molecule has 1 heterocycles. The van der Waals surface area contributed by atoms with Crippen molar-refractivity contribution in [3.63, 3.8) is 0 Å². The fourth-order valence-corrected chi connectivity index (χ4v) is 4.35. The third-order valence-electron chi connectivity index (χ3n) is 4.26. The maximum Gasteiger partial charge on any atom is 0.240 e. The molecule has 0 fully saturated rings. The number of pyridine rings is 1. The Hall–Kier alpha value is -1.99. The summed E-state index contributed by atoms with van der Waals surface area (Å²) in [4.78, 5) is 4.29. The molecule has 0 aliphatic carbocycles. The van der Waals surface area contributed by atoms with Gasteiger partial charge in [0.15, 0.2) is 0 Å². The largest absolute Gasteiger partial charge is 0.315 e. The van der Waals surface area contributed by atoms with E-state index in [1.54, 1.807) is 36.7 Å². The third-order valence-corrected chi connectivity index (χ3v) is 6.21. The first-order valence-corrected chi connectivity index (χ1v) is 10.6. The number of aromatic nitrogens is 1. The molecule has 7 heteroatoms. The van der Waals surface area contributed by atoms with Gasteiger partial charge in [0.1, 0.15) is 0 Å². The van der Waals surface area contributed by atoms with Crippen molar-refractivity contribution in [2.45, 2.75) is 24.3 Å². The molecule has 27 heavy (non-hydrogen) atoms. The molecule has 0 aliphatic heterocycles. The van der Waals surface area contributed by atoms with Gasteiger partial charge in [-0.3, -0.25) is 4.98 Å². The van der Waals surface area contributed by atoms with Crippen LogP contribution in [-0.2, 0) is 16.4 Å². The van der Waals surface area contributed by atoms with Crippen LogP contribution in [0, 0.1) is 0 Å². The van der Waals surface area contributed by atoms with E-state index in [4.69, 9.17) is 11.6 Å². The molecule has 1 atom stereocenters. The van der Waals surface area contributed by atoms with E-state index in [9.17, 15) is 8.42 Å². The zero-order valence-electron chi connectivity index (χ0n) is 15.0. The van der Waals surface area contributed by atoms with Gasteiger partial charge in [0.2, 0.25) is 10.0 Å². The molecule has 0 spiro atoms. The second-order valence-corrected chi connectivity index (χ2v) is 8.57. The monoisotopic (exact) mass is 403 g/mol. The highest BCUT2D eigenvalue weighted by molar-refractivity contribution is 7.89. The van der Waals surface area contributed by atoms with Crippen molar-refractivity contribution in [3.8, 4) is 0 Å². The highest BCUT2D eigenvalue weighted by atomic mass is 35.5. The van der Waals surface area contributed by atoms with Crippen LogP contribution in [0.3, 0.4) is 0 Å². The second-order valence-electron chi connectivity index (χ2n) is 6.45. The Morgan fingerprint density at radius 1 is 1.11 bits per heavy atom. The number of fused-ring (bicyclic) bond motifs is 1. The molecule has 2 aromatic carbocycles. The van der Waals surface area contributed by atoms with Crippen molar-refractivity contribution >= 4 is 32.4 Å². The van der Waals surface area contributed by atoms with E-state index in [0.29, 0.717) is 6.54 Å². The highest BCUT2D eigenvalue weighted by Gasteiger charge is 2.17. The van der Waals surface area contributed by atoms with E-state index in [1.807, 2.05) is 31.2 Å². The van der Waals surface area contributed by atoms with Gasteiger partial charge in [-0.25, -0.2) is 13.1 Å².